The zero-order chi connectivity index (χ0) is 14.7. The van der Waals surface area contributed by atoms with Crippen LogP contribution >= 0.6 is 23.4 Å². The van der Waals surface area contributed by atoms with Gasteiger partial charge in [0.15, 0.2) is 0 Å². The summed E-state index contributed by atoms with van der Waals surface area (Å²) in [7, 11) is 0. The molecule has 0 aliphatic rings. The zero-order valence-electron chi connectivity index (χ0n) is 11.7. The van der Waals surface area contributed by atoms with Gasteiger partial charge in [-0.2, -0.15) is 0 Å². The molecule has 0 atom stereocenters. The molecule has 0 bridgehead atoms. The smallest absolute Gasteiger partial charge is 0.139 e. The largest absolute Gasteiger partial charge is 0.237 e. The molecular formula is C17H15ClN2S. The minimum absolute atomic E-state index is 0.775. The highest BCUT2D eigenvalue weighted by molar-refractivity contribution is 7.97. The van der Waals surface area contributed by atoms with Crippen LogP contribution in [0.2, 0.25) is 5.02 Å². The highest BCUT2D eigenvalue weighted by atomic mass is 35.5. The Morgan fingerprint density at radius 2 is 1.71 bits per heavy atom. The first-order valence-corrected chi connectivity index (χ1v) is 8.30. The number of aromatic nitrogens is 2. The number of nitrogens with zero attached hydrogens (tertiary/aromatic N) is 2. The van der Waals surface area contributed by atoms with Crippen LogP contribution in [-0.2, 0) is 11.5 Å². The summed E-state index contributed by atoms with van der Waals surface area (Å²) in [4.78, 5) is 9.22. The van der Waals surface area contributed by atoms with Crippen LogP contribution < -0.4 is 0 Å². The van der Waals surface area contributed by atoms with Crippen molar-refractivity contribution in [3.63, 3.8) is 0 Å². The molecule has 0 saturated carbocycles. The van der Waals surface area contributed by atoms with E-state index in [2.05, 4.69) is 28.2 Å². The molecule has 0 spiro atoms. The van der Waals surface area contributed by atoms with Crippen LogP contribution in [0.15, 0.2) is 48.5 Å². The molecule has 0 saturated heterocycles. The fourth-order valence-electron chi connectivity index (χ4n) is 2.20. The second kappa shape index (κ2) is 6.46. The van der Waals surface area contributed by atoms with Crippen LogP contribution in [0.25, 0.3) is 10.9 Å². The lowest BCUT2D eigenvalue weighted by Crippen LogP contribution is -1.97. The van der Waals surface area contributed by atoms with Crippen molar-refractivity contribution in [2.75, 3.05) is 0 Å². The molecule has 3 aromatic rings. The number of hydrogen-bond donors (Lipinski definition) is 0. The molecule has 2 nitrogen and oxygen atoms in total. The Morgan fingerprint density at radius 3 is 2.52 bits per heavy atom. The van der Waals surface area contributed by atoms with Crippen LogP contribution in [-0.4, -0.2) is 9.97 Å². The van der Waals surface area contributed by atoms with Gasteiger partial charge in [-0.3, -0.25) is 0 Å². The third kappa shape index (κ3) is 3.55. The number of hydrogen-bond acceptors (Lipinski definition) is 3. The molecule has 0 aliphatic heterocycles. The first kappa shape index (κ1) is 14.4. The summed E-state index contributed by atoms with van der Waals surface area (Å²) in [6, 6.07) is 16.1. The minimum atomic E-state index is 0.775. The van der Waals surface area contributed by atoms with Crippen LogP contribution in [0.1, 0.15) is 17.1 Å². The first-order valence-electron chi connectivity index (χ1n) is 6.77. The summed E-state index contributed by atoms with van der Waals surface area (Å²) >= 11 is 7.70. The molecule has 0 N–H and O–H groups in total. The maximum atomic E-state index is 5.89. The molecule has 0 unspecified atom stereocenters. The maximum Gasteiger partial charge on any atom is 0.139 e. The summed E-state index contributed by atoms with van der Waals surface area (Å²) in [6.07, 6.45) is 0. The molecule has 21 heavy (non-hydrogen) atoms. The van der Waals surface area contributed by atoms with Crippen molar-refractivity contribution in [2.24, 2.45) is 0 Å². The van der Waals surface area contributed by atoms with Gasteiger partial charge in [0, 0.05) is 21.9 Å². The Labute approximate surface area is 133 Å². The maximum absolute atomic E-state index is 5.89. The van der Waals surface area contributed by atoms with E-state index >= 15 is 0 Å². The van der Waals surface area contributed by atoms with Gasteiger partial charge in [0.05, 0.1) is 11.3 Å². The van der Waals surface area contributed by atoms with Crippen molar-refractivity contribution in [2.45, 2.75) is 18.4 Å². The van der Waals surface area contributed by atoms with E-state index in [9.17, 15) is 0 Å². The molecule has 2 aromatic carbocycles. The van der Waals surface area contributed by atoms with Crippen LogP contribution in [0.4, 0.5) is 0 Å². The normalized spacial score (nSPS) is 11.0. The van der Waals surface area contributed by atoms with E-state index in [1.165, 1.54) is 5.56 Å². The van der Waals surface area contributed by atoms with Crippen molar-refractivity contribution < 1.29 is 0 Å². The van der Waals surface area contributed by atoms with E-state index in [4.69, 9.17) is 11.6 Å². The van der Waals surface area contributed by atoms with Gasteiger partial charge in [-0.1, -0.05) is 41.9 Å². The summed E-state index contributed by atoms with van der Waals surface area (Å²) in [5.74, 6) is 2.64. The molecule has 1 aromatic heterocycles. The van der Waals surface area contributed by atoms with Crippen LogP contribution in [0, 0.1) is 6.92 Å². The lowest BCUT2D eigenvalue weighted by Gasteiger charge is -2.05. The zero-order valence-corrected chi connectivity index (χ0v) is 13.3. The predicted molar refractivity (Wildman–Crippen MR) is 90.7 cm³/mol. The van der Waals surface area contributed by atoms with Gasteiger partial charge in [-0.15, -0.1) is 11.8 Å². The number of aryl methyl sites for hydroxylation is 1. The number of halogens is 1. The van der Waals surface area contributed by atoms with E-state index in [0.29, 0.717) is 0 Å². The Morgan fingerprint density at radius 1 is 0.952 bits per heavy atom. The topological polar surface area (TPSA) is 25.8 Å². The summed E-state index contributed by atoms with van der Waals surface area (Å²) in [6.45, 7) is 2.04. The van der Waals surface area contributed by atoms with Gasteiger partial charge in [0.2, 0.25) is 0 Å². The first-order chi connectivity index (χ1) is 10.2. The van der Waals surface area contributed by atoms with E-state index in [0.717, 1.165) is 38.9 Å². The third-order valence-electron chi connectivity index (χ3n) is 3.25. The Bertz CT molecular complexity index is 756. The van der Waals surface area contributed by atoms with Gasteiger partial charge in [0.1, 0.15) is 5.82 Å². The average molecular weight is 315 g/mol. The molecular weight excluding hydrogens is 300 g/mol. The van der Waals surface area contributed by atoms with Crippen molar-refractivity contribution in [3.8, 4) is 0 Å². The molecule has 1 heterocycles. The molecule has 0 amide bonds. The fraction of sp³-hybridized carbons (Fsp3) is 0.176. The highest BCUT2D eigenvalue weighted by Crippen LogP contribution is 2.20. The summed E-state index contributed by atoms with van der Waals surface area (Å²) < 4.78 is 0. The lowest BCUT2D eigenvalue weighted by molar-refractivity contribution is 1.03. The second-order valence-electron chi connectivity index (χ2n) is 4.86. The Balaban J connectivity index is 1.69. The highest BCUT2D eigenvalue weighted by Gasteiger charge is 2.04. The summed E-state index contributed by atoms with van der Waals surface area (Å²) in [5.41, 5.74) is 3.33. The van der Waals surface area contributed by atoms with E-state index in [-0.39, 0.29) is 0 Å². The Kier molecular flexibility index (Phi) is 4.42. The molecule has 106 valence electrons. The molecule has 0 aliphatic carbocycles. The monoisotopic (exact) mass is 314 g/mol. The number of para-hydroxylation sites is 1. The van der Waals surface area contributed by atoms with Gasteiger partial charge in [0.25, 0.3) is 0 Å². The van der Waals surface area contributed by atoms with E-state index in [1.54, 1.807) is 0 Å². The van der Waals surface area contributed by atoms with Gasteiger partial charge < -0.3 is 0 Å². The molecule has 0 fully saturated rings. The minimum Gasteiger partial charge on any atom is -0.237 e. The summed E-state index contributed by atoms with van der Waals surface area (Å²) in [5, 5.41) is 1.90. The molecule has 4 heteroatoms. The third-order valence-corrected chi connectivity index (χ3v) is 4.51. The molecule has 0 radical (unpaired) electrons. The van der Waals surface area contributed by atoms with Crippen LogP contribution in [0.3, 0.4) is 0 Å². The van der Waals surface area contributed by atoms with Gasteiger partial charge >= 0.3 is 0 Å². The van der Waals surface area contributed by atoms with Crippen molar-refractivity contribution in [3.05, 3.63) is 70.6 Å². The number of thioether (sulfide) groups is 1. The SMILES string of the molecule is Cc1nc(CSCc2ccc(Cl)cc2)nc2ccccc12. The van der Waals surface area contributed by atoms with Crippen molar-refractivity contribution >= 4 is 34.3 Å². The lowest BCUT2D eigenvalue weighted by atomic mass is 10.2. The van der Waals surface area contributed by atoms with Crippen LogP contribution in [0.5, 0.6) is 0 Å². The Hall–Kier alpha value is -1.58. The standard InChI is InChI=1S/C17H15ClN2S/c1-12-15-4-2-3-5-16(15)20-17(19-12)11-21-10-13-6-8-14(18)9-7-13/h2-9H,10-11H2,1H3. The number of benzene rings is 2. The van der Waals surface area contributed by atoms with Gasteiger partial charge in [-0.25, -0.2) is 9.97 Å². The van der Waals surface area contributed by atoms with Crippen molar-refractivity contribution in [1.29, 1.82) is 0 Å². The quantitative estimate of drug-likeness (QED) is 0.676. The van der Waals surface area contributed by atoms with E-state index < -0.39 is 0 Å². The fourth-order valence-corrected chi connectivity index (χ4v) is 3.17. The average Bonchev–Trinajstić information content (AvgIpc) is 2.49. The number of fused-ring (bicyclic) bond motifs is 1. The predicted octanol–water partition coefficient (Wildman–Crippen LogP) is 5.03. The van der Waals surface area contributed by atoms with Gasteiger partial charge in [-0.05, 0) is 30.7 Å². The molecule has 3 rings (SSSR count). The number of rotatable bonds is 4. The second-order valence-corrected chi connectivity index (χ2v) is 6.28. The van der Waals surface area contributed by atoms with Crippen molar-refractivity contribution in [1.82, 2.24) is 9.97 Å². The van der Waals surface area contributed by atoms with E-state index in [1.807, 2.05) is 49.0 Å².